The largest absolute Gasteiger partial charge is 0.490 e. The second-order valence-corrected chi connectivity index (χ2v) is 16.4. The fourth-order valence-electron chi connectivity index (χ4n) is 7.58. The molecule has 1 saturated heterocycles. The average molecular weight is 867 g/mol. The summed E-state index contributed by atoms with van der Waals surface area (Å²) in [6, 6.07) is 14.7. The first kappa shape index (κ1) is 41.4. The second kappa shape index (κ2) is 17.4. The van der Waals surface area contributed by atoms with E-state index in [0.29, 0.717) is 41.9 Å². The summed E-state index contributed by atoms with van der Waals surface area (Å²) in [6.45, 7) is 7.00. The summed E-state index contributed by atoms with van der Waals surface area (Å²) in [5.74, 6) is -2.11. The number of aromatic nitrogens is 3. The first-order valence-electron chi connectivity index (χ1n) is 19.6. The van der Waals surface area contributed by atoms with E-state index in [1.54, 1.807) is 41.7 Å². The number of thiophene rings is 1. The van der Waals surface area contributed by atoms with Crippen LogP contribution < -0.4 is 20.7 Å². The predicted octanol–water partition coefficient (Wildman–Crippen LogP) is 6.27. The molecule has 15 nitrogen and oxygen atoms in total. The lowest BCUT2D eigenvalue weighted by Gasteiger charge is -2.27. The van der Waals surface area contributed by atoms with Gasteiger partial charge in [0.15, 0.2) is 17.4 Å². The van der Waals surface area contributed by atoms with Crippen LogP contribution >= 0.6 is 22.9 Å². The smallest absolute Gasteiger partial charge is 0.264 e. The number of nitrogens with one attached hydrogen (secondary N) is 3. The van der Waals surface area contributed by atoms with E-state index < -0.39 is 41.5 Å². The highest BCUT2D eigenvalue weighted by Gasteiger charge is 2.45. The number of hydrogen-bond donors (Lipinski definition) is 3. The van der Waals surface area contributed by atoms with E-state index in [2.05, 4.69) is 40.0 Å². The number of amides is 5. The van der Waals surface area contributed by atoms with Crippen LogP contribution in [0.4, 0.5) is 15.8 Å². The molecule has 0 aliphatic carbocycles. The number of halogens is 2. The zero-order valence-electron chi connectivity index (χ0n) is 33.3. The van der Waals surface area contributed by atoms with Gasteiger partial charge in [0.05, 0.1) is 36.5 Å². The van der Waals surface area contributed by atoms with E-state index in [1.165, 1.54) is 18.2 Å². The molecule has 3 aliphatic rings. The number of piperidine rings is 1. The van der Waals surface area contributed by atoms with E-state index in [4.69, 9.17) is 26.1 Å². The first-order chi connectivity index (χ1) is 29.4. The predicted molar refractivity (Wildman–Crippen MR) is 225 cm³/mol. The fraction of sp³-hybridized carbons (Fsp3) is 0.302. The minimum Gasteiger partial charge on any atom is -0.490 e. The van der Waals surface area contributed by atoms with Crippen molar-refractivity contribution in [2.75, 3.05) is 37.0 Å². The molecule has 0 bridgehead atoms. The SMILES string of the molecule is Cc1sc2c(c1C)C(c1ccc(Cl)cc1)=N[C@@H](CC(=O)Nc1ccc(OCCCOCCNc3cccc4c3C(=O)N(C3CCC(=O)NC3=O)C4=O)c(F)c1)c1nnc(C)n1-2. The van der Waals surface area contributed by atoms with E-state index in [1.807, 2.05) is 23.6 Å². The second-order valence-electron chi connectivity index (χ2n) is 14.7. The molecule has 0 saturated carbocycles. The number of nitrogens with zero attached hydrogens (tertiary/aromatic N) is 5. The van der Waals surface area contributed by atoms with Gasteiger partial charge in [-0.3, -0.25) is 43.7 Å². The third kappa shape index (κ3) is 8.28. The van der Waals surface area contributed by atoms with Gasteiger partial charge in [0, 0.05) is 64.5 Å². The number of fused-ring (bicyclic) bond motifs is 4. The Morgan fingerprint density at radius 2 is 1.79 bits per heavy atom. The van der Waals surface area contributed by atoms with E-state index in [-0.39, 0.29) is 60.9 Å². The van der Waals surface area contributed by atoms with Gasteiger partial charge in [0.25, 0.3) is 11.8 Å². The number of ether oxygens (including phenoxy) is 2. The molecule has 2 atom stereocenters. The summed E-state index contributed by atoms with van der Waals surface area (Å²) in [5, 5.41) is 18.4. The number of carbonyl (C=O) groups excluding carboxylic acids is 5. The van der Waals surface area contributed by atoms with Gasteiger partial charge in [0.1, 0.15) is 22.9 Å². The van der Waals surface area contributed by atoms with Gasteiger partial charge in [-0.2, -0.15) is 0 Å². The van der Waals surface area contributed by atoms with Gasteiger partial charge < -0.3 is 20.1 Å². The molecule has 1 unspecified atom stereocenters. The lowest BCUT2D eigenvalue weighted by atomic mass is 9.99. The Bertz CT molecular complexity index is 2630. The summed E-state index contributed by atoms with van der Waals surface area (Å²) >= 11 is 7.83. The Morgan fingerprint density at radius 1 is 0.984 bits per heavy atom. The zero-order valence-corrected chi connectivity index (χ0v) is 34.9. The molecule has 3 N–H and O–H groups in total. The number of carbonyl (C=O) groups is 5. The standard InChI is InChI=1S/C43H40ClFN8O7S/c1-22-23(2)61-43-36(22)38(25-8-10-26(44)11-9-25)48-31(39-51-50-24(3)52(39)43)21-35(55)47-27-12-14-33(29(45)20-27)60-18-5-17-59-19-16-46-30-7-4-6-28-37(30)42(58)53(41(28)57)32-13-15-34(54)49-40(32)56/h4,6-12,14,20,31-32,46H,5,13,15-19,21H2,1-3H3,(H,47,55)(H,49,54,56)/t31-,32?/m0/s1. The van der Waals surface area contributed by atoms with E-state index >= 15 is 4.39 Å². The molecular weight excluding hydrogens is 827 g/mol. The van der Waals surface area contributed by atoms with Gasteiger partial charge in [0.2, 0.25) is 17.7 Å². The minimum absolute atomic E-state index is 0.0181. The van der Waals surface area contributed by atoms with Crippen molar-refractivity contribution >= 4 is 69.6 Å². The van der Waals surface area contributed by atoms with Gasteiger partial charge in [-0.1, -0.05) is 29.8 Å². The normalized spacial score (nSPS) is 17.0. The fourth-order valence-corrected chi connectivity index (χ4v) is 8.92. The molecular formula is C43H40ClFN8O7S. The number of imide groups is 2. The Labute approximate surface area is 358 Å². The summed E-state index contributed by atoms with van der Waals surface area (Å²) in [5.41, 5.74) is 4.62. The Kier molecular flexibility index (Phi) is 11.8. The summed E-state index contributed by atoms with van der Waals surface area (Å²) in [6.07, 6.45) is 0.476. The maximum atomic E-state index is 15.2. The third-order valence-electron chi connectivity index (χ3n) is 10.7. The zero-order chi connectivity index (χ0) is 42.9. The van der Waals surface area contributed by atoms with Crippen LogP contribution in [0.2, 0.25) is 5.02 Å². The molecule has 5 amide bonds. The summed E-state index contributed by atoms with van der Waals surface area (Å²) < 4.78 is 28.5. The van der Waals surface area contributed by atoms with Gasteiger partial charge in [-0.05, 0) is 69.2 Å². The minimum atomic E-state index is -1.05. The van der Waals surface area contributed by atoms with Crippen molar-refractivity contribution in [3.05, 3.63) is 116 Å². The Hall–Kier alpha value is -6.30. The van der Waals surface area contributed by atoms with Crippen molar-refractivity contribution in [2.24, 2.45) is 4.99 Å². The van der Waals surface area contributed by atoms with Crippen molar-refractivity contribution in [3.8, 4) is 10.8 Å². The van der Waals surface area contributed by atoms with Crippen LogP contribution in [0.15, 0.2) is 65.7 Å². The Balaban J connectivity index is 0.822. The van der Waals surface area contributed by atoms with Gasteiger partial charge in [-0.15, -0.1) is 21.5 Å². The van der Waals surface area contributed by atoms with Crippen molar-refractivity contribution in [3.63, 3.8) is 0 Å². The number of hydrogen-bond acceptors (Lipinski definition) is 12. The number of benzene rings is 3. The molecule has 2 aromatic heterocycles. The lowest BCUT2D eigenvalue weighted by molar-refractivity contribution is -0.136. The van der Waals surface area contributed by atoms with Crippen LogP contribution in [0.5, 0.6) is 5.75 Å². The van der Waals surface area contributed by atoms with Crippen LogP contribution in [-0.2, 0) is 19.1 Å². The van der Waals surface area contributed by atoms with Crippen LogP contribution in [-0.4, -0.2) is 87.3 Å². The highest BCUT2D eigenvalue weighted by atomic mass is 35.5. The highest BCUT2D eigenvalue weighted by molar-refractivity contribution is 7.15. The molecule has 314 valence electrons. The van der Waals surface area contributed by atoms with Crippen LogP contribution in [0.1, 0.15) is 85.7 Å². The molecule has 1 fully saturated rings. The van der Waals surface area contributed by atoms with E-state index in [9.17, 15) is 24.0 Å². The molecule has 3 aromatic carbocycles. The Morgan fingerprint density at radius 3 is 2.56 bits per heavy atom. The quantitative estimate of drug-likeness (QED) is 0.0849. The molecule has 18 heteroatoms. The maximum absolute atomic E-state index is 15.2. The van der Waals surface area contributed by atoms with Gasteiger partial charge in [-0.25, -0.2) is 4.39 Å². The first-order valence-corrected chi connectivity index (χ1v) is 20.8. The van der Waals surface area contributed by atoms with Crippen molar-refractivity contribution < 1.29 is 37.8 Å². The topological polar surface area (TPSA) is 186 Å². The van der Waals surface area contributed by atoms with Crippen LogP contribution in [0.25, 0.3) is 5.00 Å². The summed E-state index contributed by atoms with van der Waals surface area (Å²) in [4.78, 5) is 71.0. The van der Waals surface area contributed by atoms with Crippen LogP contribution in [0.3, 0.4) is 0 Å². The molecule has 5 heterocycles. The number of aliphatic imine (C=N–C) groups is 1. The molecule has 5 aromatic rings. The van der Waals surface area contributed by atoms with Crippen molar-refractivity contribution in [2.45, 2.75) is 58.5 Å². The number of aryl methyl sites for hydroxylation is 2. The average Bonchev–Trinajstić information content (AvgIpc) is 3.81. The lowest BCUT2D eigenvalue weighted by Crippen LogP contribution is -2.54. The van der Waals surface area contributed by atoms with E-state index in [0.717, 1.165) is 37.2 Å². The number of rotatable bonds is 14. The maximum Gasteiger partial charge on any atom is 0.264 e. The monoisotopic (exact) mass is 866 g/mol. The molecule has 8 rings (SSSR count). The van der Waals surface area contributed by atoms with Crippen molar-refractivity contribution in [1.29, 1.82) is 0 Å². The summed E-state index contributed by atoms with van der Waals surface area (Å²) in [7, 11) is 0. The third-order valence-corrected chi connectivity index (χ3v) is 12.1. The number of anilines is 2. The van der Waals surface area contributed by atoms with Crippen LogP contribution in [0, 0.1) is 26.6 Å². The van der Waals surface area contributed by atoms with Crippen molar-refractivity contribution in [1.82, 2.24) is 25.0 Å². The molecule has 61 heavy (non-hydrogen) atoms. The molecule has 0 spiro atoms. The van der Waals surface area contributed by atoms with Gasteiger partial charge >= 0.3 is 0 Å². The molecule has 3 aliphatic heterocycles. The highest BCUT2D eigenvalue weighted by Crippen LogP contribution is 2.40. The molecule has 0 radical (unpaired) electrons.